The van der Waals surface area contributed by atoms with E-state index in [-0.39, 0.29) is 0 Å². The van der Waals surface area contributed by atoms with Crippen LogP contribution in [0.25, 0.3) is 11.3 Å². The molecule has 5 heteroatoms. The number of nitrogens with one attached hydrogen (secondary N) is 1. The van der Waals surface area contributed by atoms with Gasteiger partial charge < -0.3 is 0 Å². The minimum atomic E-state index is 0.816. The summed E-state index contributed by atoms with van der Waals surface area (Å²) in [6.45, 7) is 4.16. The Morgan fingerprint density at radius 2 is 1.95 bits per heavy atom. The van der Waals surface area contributed by atoms with E-state index in [4.69, 9.17) is 0 Å². The third-order valence-corrected chi connectivity index (χ3v) is 4.92. The molecule has 0 bridgehead atoms. The molecule has 1 aromatic carbocycles. The molecular formula is C16H15N3S2. The van der Waals surface area contributed by atoms with Crippen LogP contribution in [0.2, 0.25) is 0 Å². The summed E-state index contributed by atoms with van der Waals surface area (Å²) in [4.78, 5) is 6.97. The molecule has 0 radical (unpaired) electrons. The highest BCUT2D eigenvalue weighted by molar-refractivity contribution is 7.16. The molecule has 0 aliphatic carbocycles. The number of aromatic nitrogens is 1. The molecule has 0 spiro atoms. The molecule has 2 heterocycles. The molecule has 0 amide bonds. The highest BCUT2D eigenvalue weighted by Crippen LogP contribution is 2.30. The lowest BCUT2D eigenvalue weighted by atomic mass is 10.1. The van der Waals surface area contributed by atoms with Crippen LogP contribution in [-0.4, -0.2) is 11.2 Å². The van der Waals surface area contributed by atoms with Crippen LogP contribution >= 0.6 is 22.7 Å². The van der Waals surface area contributed by atoms with Gasteiger partial charge in [-0.05, 0) is 30.9 Å². The predicted octanol–water partition coefficient (Wildman–Crippen LogP) is 4.93. The van der Waals surface area contributed by atoms with Crippen LogP contribution in [0.15, 0.2) is 46.9 Å². The van der Waals surface area contributed by atoms with E-state index >= 15 is 0 Å². The smallest absolute Gasteiger partial charge is 0.204 e. The molecule has 3 aromatic rings. The fourth-order valence-corrected chi connectivity index (χ4v) is 3.54. The molecule has 0 unspecified atom stereocenters. The Labute approximate surface area is 132 Å². The summed E-state index contributed by atoms with van der Waals surface area (Å²) in [5.74, 6) is 0. The molecule has 3 nitrogen and oxygen atoms in total. The van der Waals surface area contributed by atoms with E-state index in [2.05, 4.69) is 52.9 Å². The summed E-state index contributed by atoms with van der Waals surface area (Å²) in [5, 5.41) is 7.16. The van der Waals surface area contributed by atoms with Crippen molar-refractivity contribution < 1.29 is 0 Å². The van der Waals surface area contributed by atoms with Gasteiger partial charge in [0, 0.05) is 15.3 Å². The van der Waals surface area contributed by atoms with Gasteiger partial charge in [-0.15, -0.1) is 22.7 Å². The normalized spacial score (nSPS) is 11.1. The third kappa shape index (κ3) is 3.20. The average Bonchev–Trinajstić information content (AvgIpc) is 3.06. The van der Waals surface area contributed by atoms with E-state index in [0.717, 1.165) is 16.4 Å². The van der Waals surface area contributed by atoms with Gasteiger partial charge in [0.25, 0.3) is 0 Å². The van der Waals surface area contributed by atoms with E-state index in [0.29, 0.717) is 0 Å². The highest BCUT2D eigenvalue weighted by atomic mass is 32.1. The number of thiophene rings is 1. The maximum Gasteiger partial charge on any atom is 0.204 e. The molecule has 106 valence electrons. The molecule has 3 rings (SSSR count). The van der Waals surface area contributed by atoms with Gasteiger partial charge in [0.15, 0.2) is 0 Å². The summed E-state index contributed by atoms with van der Waals surface area (Å²) in [5.41, 5.74) is 6.42. The first-order valence-corrected chi connectivity index (χ1v) is 8.29. The SMILES string of the molecule is Cc1ccsc1C=NNc1nc(-c2ccccc2)c(C)s1. The van der Waals surface area contributed by atoms with Gasteiger partial charge in [-0.1, -0.05) is 30.3 Å². The predicted molar refractivity (Wildman–Crippen MR) is 92.6 cm³/mol. The number of benzene rings is 1. The molecule has 0 aliphatic rings. The van der Waals surface area contributed by atoms with E-state index in [1.54, 1.807) is 22.7 Å². The standard InChI is InChI=1S/C16H15N3S2/c1-11-8-9-20-14(11)10-17-19-16-18-15(12(2)21-16)13-6-4-3-5-7-13/h3-10H,1-2H3,(H,18,19). The van der Waals surface area contributed by atoms with Gasteiger partial charge in [-0.3, -0.25) is 5.43 Å². The van der Waals surface area contributed by atoms with E-state index in [1.165, 1.54) is 15.3 Å². The van der Waals surface area contributed by atoms with E-state index in [9.17, 15) is 0 Å². The number of hydrogen-bond donors (Lipinski definition) is 1. The van der Waals surface area contributed by atoms with Gasteiger partial charge in [-0.2, -0.15) is 5.10 Å². The first-order chi connectivity index (χ1) is 10.2. The third-order valence-electron chi connectivity index (χ3n) is 3.09. The second-order valence-corrected chi connectivity index (χ2v) is 6.78. The minimum Gasteiger partial charge on any atom is -0.253 e. The molecular weight excluding hydrogens is 298 g/mol. The number of anilines is 1. The number of thiazole rings is 1. The lowest BCUT2D eigenvalue weighted by Crippen LogP contribution is -1.89. The molecule has 21 heavy (non-hydrogen) atoms. The summed E-state index contributed by atoms with van der Waals surface area (Å²) < 4.78 is 0. The zero-order valence-corrected chi connectivity index (χ0v) is 13.5. The summed E-state index contributed by atoms with van der Waals surface area (Å²) in [7, 11) is 0. The van der Waals surface area contributed by atoms with Crippen molar-refractivity contribution >= 4 is 34.0 Å². The molecule has 0 saturated heterocycles. The van der Waals surface area contributed by atoms with E-state index in [1.807, 2.05) is 24.4 Å². The van der Waals surface area contributed by atoms with Crippen LogP contribution in [0, 0.1) is 13.8 Å². The number of hydrogen-bond acceptors (Lipinski definition) is 5. The molecule has 2 aromatic heterocycles. The van der Waals surface area contributed by atoms with Gasteiger partial charge in [0.05, 0.1) is 11.9 Å². The number of rotatable bonds is 4. The lowest BCUT2D eigenvalue weighted by Gasteiger charge is -1.96. The topological polar surface area (TPSA) is 37.3 Å². The number of aryl methyl sites for hydroxylation is 2. The van der Waals surface area contributed by atoms with Crippen LogP contribution in [0.4, 0.5) is 5.13 Å². The largest absolute Gasteiger partial charge is 0.253 e. The second kappa shape index (κ2) is 6.20. The number of hydrazone groups is 1. The Kier molecular flexibility index (Phi) is 4.13. The lowest BCUT2D eigenvalue weighted by molar-refractivity contribution is 1.28. The van der Waals surface area contributed by atoms with Crippen molar-refractivity contribution in [3.05, 3.63) is 57.1 Å². The van der Waals surface area contributed by atoms with Gasteiger partial charge in [-0.25, -0.2) is 4.98 Å². The molecule has 0 atom stereocenters. The molecule has 1 N–H and O–H groups in total. The van der Waals surface area contributed by atoms with E-state index < -0.39 is 0 Å². The number of nitrogens with zero attached hydrogens (tertiary/aromatic N) is 2. The first kappa shape index (κ1) is 14.0. The summed E-state index contributed by atoms with van der Waals surface area (Å²) >= 11 is 3.30. The van der Waals surface area contributed by atoms with Gasteiger partial charge in [0.2, 0.25) is 5.13 Å². The maximum absolute atomic E-state index is 4.62. The quantitative estimate of drug-likeness (QED) is 0.547. The van der Waals surface area contributed by atoms with Crippen molar-refractivity contribution in [1.29, 1.82) is 0 Å². The molecule has 0 fully saturated rings. The Morgan fingerprint density at radius 3 is 2.67 bits per heavy atom. The average molecular weight is 313 g/mol. The van der Waals surface area contributed by atoms with Crippen molar-refractivity contribution in [2.45, 2.75) is 13.8 Å². The van der Waals surface area contributed by atoms with Crippen molar-refractivity contribution in [3.8, 4) is 11.3 Å². The van der Waals surface area contributed by atoms with Gasteiger partial charge in [0.1, 0.15) is 0 Å². The maximum atomic E-state index is 4.62. The highest BCUT2D eigenvalue weighted by Gasteiger charge is 2.08. The van der Waals surface area contributed by atoms with Crippen LogP contribution in [0.1, 0.15) is 15.3 Å². The van der Waals surface area contributed by atoms with Crippen molar-refractivity contribution in [2.75, 3.05) is 5.43 Å². The minimum absolute atomic E-state index is 0.816. The van der Waals surface area contributed by atoms with Crippen molar-refractivity contribution in [1.82, 2.24) is 4.98 Å². The monoisotopic (exact) mass is 313 g/mol. The fourth-order valence-electron chi connectivity index (χ4n) is 1.97. The van der Waals surface area contributed by atoms with Crippen LogP contribution in [-0.2, 0) is 0 Å². The molecule has 0 saturated carbocycles. The fraction of sp³-hybridized carbons (Fsp3) is 0.125. The first-order valence-electron chi connectivity index (χ1n) is 6.60. The van der Waals surface area contributed by atoms with Crippen LogP contribution < -0.4 is 5.43 Å². The Balaban J connectivity index is 1.76. The summed E-state index contributed by atoms with van der Waals surface area (Å²) in [6, 6.07) is 12.3. The summed E-state index contributed by atoms with van der Waals surface area (Å²) in [6.07, 6.45) is 1.85. The Hall–Kier alpha value is -1.98. The van der Waals surface area contributed by atoms with Crippen molar-refractivity contribution in [2.24, 2.45) is 5.10 Å². The zero-order chi connectivity index (χ0) is 14.7. The zero-order valence-electron chi connectivity index (χ0n) is 11.8. The Bertz CT molecular complexity index is 757. The van der Waals surface area contributed by atoms with Crippen molar-refractivity contribution in [3.63, 3.8) is 0 Å². The van der Waals surface area contributed by atoms with Gasteiger partial charge >= 0.3 is 0 Å². The Morgan fingerprint density at radius 1 is 1.14 bits per heavy atom. The second-order valence-electron chi connectivity index (χ2n) is 4.63. The van der Waals surface area contributed by atoms with Crippen LogP contribution in [0.3, 0.4) is 0 Å². The van der Waals surface area contributed by atoms with Crippen LogP contribution in [0.5, 0.6) is 0 Å². The molecule has 0 aliphatic heterocycles.